The van der Waals surface area contributed by atoms with Crippen molar-refractivity contribution in [3.63, 3.8) is 0 Å². The van der Waals surface area contributed by atoms with Gasteiger partial charge in [0.25, 0.3) is 11.8 Å². The maximum absolute atomic E-state index is 13.1. The zero-order valence-corrected chi connectivity index (χ0v) is 19.7. The number of amides is 2. The van der Waals surface area contributed by atoms with E-state index in [1.807, 2.05) is 35.7 Å². The Hall–Kier alpha value is -2.69. The van der Waals surface area contributed by atoms with E-state index < -0.39 is 23.8 Å². The predicted molar refractivity (Wildman–Crippen MR) is 117 cm³/mol. The lowest BCUT2D eigenvalue weighted by Crippen LogP contribution is -3.00. The minimum Gasteiger partial charge on any atom is -1.00 e. The average Bonchev–Trinajstić information content (AvgIpc) is 3.27. The molecule has 0 fully saturated rings. The monoisotopic (exact) mass is 518 g/mol. The molecular weight excluding hydrogens is 502 g/mol. The maximum atomic E-state index is 13.1. The van der Waals surface area contributed by atoms with Crippen LogP contribution in [-0.2, 0) is 19.1 Å². The number of hydrogen-bond donors (Lipinski definition) is 1. The molecule has 0 saturated heterocycles. The second-order valence-electron chi connectivity index (χ2n) is 6.44. The quantitative estimate of drug-likeness (QED) is 0.602. The van der Waals surface area contributed by atoms with E-state index in [0.29, 0.717) is 22.1 Å². The lowest BCUT2D eigenvalue weighted by atomic mass is 10.0. The molecule has 10 heteroatoms. The Bertz CT molecular complexity index is 1110. The third-order valence-electron chi connectivity index (χ3n) is 4.56. The lowest BCUT2D eigenvalue weighted by Gasteiger charge is -2.37. The molecule has 3 heterocycles. The molecule has 0 radical (unpaired) electrons. The fourth-order valence-corrected chi connectivity index (χ4v) is 5.01. The van der Waals surface area contributed by atoms with Gasteiger partial charge in [-0.25, -0.2) is 9.79 Å². The number of hydrogen-bond acceptors (Lipinski definition) is 7. The Morgan fingerprint density at radius 3 is 2.55 bits per heavy atom. The van der Waals surface area contributed by atoms with Gasteiger partial charge in [-0.1, -0.05) is 24.3 Å². The highest BCUT2D eigenvalue weighted by molar-refractivity contribution is 8.18. The summed E-state index contributed by atoms with van der Waals surface area (Å²) in [4.78, 5) is 45.2. The molecule has 0 aliphatic carbocycles. The number of nitrogens with zero attached hydrogens (tertiary/aromatic N) is 2. The van der Waals surface area contributed by atoms with Gasteiger partial charge < -0.3 is 27.0 Å². The van der Waals surface area contributed by atoms with Crippen LogP contribution in [0.4, 0.5) is 5.69 Å². The fourth-order valence-electron chi connectivity index (χ4n) is 3.21. The number of methoxy groups -OCH3 is 1. The second-order valence-corrected chi connectivity index (χ2v) is 8.43. The molecular formula is C21H17BrN3O4S2-. The van der Waals surface area contributed by atoms with Gasteiger partial charge in [-0.15, -0.1) is 11.3 Å². The van der Waals surface area contributed by atoms with Crippen LogP contribution in [0.5, 0.6) is 0 Å². The minimum atomic E-state index is -0.653. The zero-order chi connectivity index (χ0) is 21.3. The molecule has 1 aromatic heterocycles. The van der Waals surface area contributed by atoms with E-state index in [9.17, 15) is 14.4 Å². The molecule has 1 atom stereocenters. The molecule has 1 N–H and O–H groups in total. The minimum absolute atomic E-state index is 0. The SMILES string of the molecule is COC(=O)C1=C(C)N=C2SC(C(=O)Nc3ccccc3)=CC(=O)N2C1c1cccs1.[Br-]. The van der Waals surface area contributed by atoms with E-state index in [2.05, 4.69) is 10.3 Å². The summed E-state index contributed by atoms with van der Waals surface area (Å²) in [5, 5.41) is 5.00. The molecule has 0 bridgehead atoms. The number of esters is 1. The van der Waals surface area contributed by atoms with E-state index in [0.717, 1.165) is 16.6 Å². The molecule has 160 valence electrons. The predicted octanol–water partition coefficient (Wildman–Crippen LogP) is 0.708. The number of allylic oxidation sites excluding steroid dienone is 1. The number of aliphatic imine (C=N–C) groups is 1. The molecule has 2 aliphatic rings. The van der Waals surface area contributed by atoms with Crippen molar-refractivity contribution in [2.75, 3.05) is 12.4 Å². The molecule has 0 saturated carbocycles. The summed E-state index contributed by atoms with van der Waals surface area (Å²) in [6.45, 7) is 1.70. The summed E-state index contributed by atoms with van der Waals surface area (Å²) < 4.78 is 4.94. The number of nitrogens with one attached hydrogen (secondary N) is 1. The van der Waals surface area contributed by atoms with Crippen molar-refractivity contribution in [3.05, 3.63) is 75.0 Å². The van der Waals surface area contributed by atoms with E-state index in [1.165, 1.54) is 29.4 Å². The van der Waals surface area contributed by atoms with Crippen LogP contribution in [0.1, 0.15) is 17.8 Å². The molecule has 4 rings (SSSR count). The normalized spacial score (nSPS) is 17.8. The Morgan fingerprint density at radius 2 is 1.90 bits per heavy atom. The van der Waals surface area contributed by atoms with Crippen molar-refractivity contribution in [1.82, 2.24) is 4.90 Å². The fraction of sp³-hybridized carbons (Fsp3) is 0.143. The van der Waals surface area contributed by atoms with Gasteiger partial charge in [-0.2, -0.15) is 0 Å². The van der Waals surface area contributed by atoms with Crippen molar-refractivity contribution in [1.29, 1.82) is 0 Å². The van der Waals surface area contributed by atoms with Gasteiger partial charge in [0.1, 0.15) is 6.04 Å². The number of anilines is 1. The highest BCUT2D eigenvalue weighted by atomic mass is 79.9. The van der Waals surface area contributed by atoms with Gasteiger partial charge >= 0.3 is 5.97 Å². The number of benzene rings is 1. The van der Waals surface area contributed by atoms with Crippen molar-refractivity contribution in [2.45, 2.75) is 13.0 Å². The van der Waals surface area contributed by atoms with Crippen LogP contribution < -0.4 is 22.3 Å². The topological polar surface area (TPSA) is 88.1 Å². The third kappa shape index (κ3) is 4.51. The first-order valence-electron chi connectivity index (χ1n) is 9.00. The molecule has 7 nitrogen and oxygen atoms in total. The standard InChI is InChI=1S/C21H17N3O4S2.BrH/c1-12-17(20(27)28-2)18(14-9-6-10-29-14)24-16(25)11-15(30-21(24)22-12)19(26)23-13-7-4-3-5-8-13;/h3-11,18H,1-2H3,(H,23,26);1H/p-1. The van der Waals surface area contributed by atoms with Crippen LogP contribution in [0.2, 0.25) is 0 Å². The van der Waals surface area contributed by atoms with Crippen LogP contribution >= 0.6 is 23.1 Å². The highest BCUT2D eigenvalue weighted by Crippen LogP contribution is 2.43. The number of thiophene rings is 1. The van der Waals surface area contributed by atoms with E-state index in [-0.39, 0.29) is 21.9 Å². The van der Waals surface area contributed by atoms with Crippen molar-refractivity contribution >= 4 is 51.7 Å². The van der Waals surface area contributed by atoms with Gasteiger partial charge in [-0.05, 0) is 42.3 Å². The van der Waals surface area contributed by atoms with Crippen LogP contribution in [0.25, 0.3) is 0 Å². The van der Waals surface area contributed by atoms with Gasteiger partial charge in [-0.3, -0.25) is 14.5 Å². The number of thioether (sulfide) groups is 1. The van der Waals surface area contributed by atoms with Crippen LogP contribution in [0, 0.1) is 0 Å². The molecule has 2 amide bonds. The smallest absolute Gasteiger partial charge is 0.338 e. The Kier molecular flexibility index (Phi) is 7.14. The molecule has 31 heavy (non-hydrogen) atoms. The van der Waals surface area contributed by atoms with Gasteiger partial charge in [0.05, 0.1) is 23.3 Å². The number of rotatable bonds is 4. The lowest BCUT2D eigenvalue weighted by molar-refractivity contribution is -0.137. The summed E-state index contributed by atoms with van der Waals surface area (Å²) >= 11 is 2.52. The third-order valence-corrected chi connectivity index (χ3v) is 6.48. The van der Waals surface area contributed by atoms with Crippen molar-refractivity contribution in [2.24, 2.45) is 4.99 Å². The number of carbonyl (C=O) groups excluding carboxylic acids is 3. The zero-order valence-electron chi connectivity index (χ0n) is 16.5. The number of halogens is 1. The maximum Gasteiger partial charge on any atom is 0.338 e. The van der Waals surface area contributed by atoms with E-state index >= 15 is 0 Å². The number of carbonyl (C=O) groups is 3. The Morgan fingerprint density at radius 1 is 1.16 bits per heavy atom. The number of para-hydroxylation sites is 1. The van der Waals surface area contributed by atoms with Crippen LogP contribution in [0.15, 0.2) is 75.1 Å². The number of ether oxygens (including phenoxy) is 1. The van der Waals surface area contributed by atoms with Crippen molar-refractivity contribution in [3.8, 4) is 0 Å². The summed E-state index contributed by atoms with van der Waals surface area (Å²) in [7, 11) is 1.30. The number of fused-ring (bicyclic) bond motifs is 1. The largest absolute Gasteiger partial charge is 1.00 e. The van der Waals surface area contributed by atoms with E-state index in [4.69, 9.17) is 4.74 Å². The van der Waals surface area contributed by atoms with E-state index in [1.54, 1.807) is 19.1 Å². The van der Waals surface area contributed by atoms with Gasteiger partial charge in [0.2, 0.25) is 0 Å². The molecule has 1 unspecified atom stereocenters. The first-order chi connectivity index (χ1) is 14.5. The average molecular weight is 519 g/mol. The Labute approximate surface area is 197 Å². The first-order valence-corrected chi connectivity index (χ1v) is 10.7. The first kappa shape index (κ1) is 23.0. The van der Waals surface area contributed by atoms with Crippen molar-refractivity contribution < 1.29 is 36.1 Å². The highest BCUT2D eigenvalue weighted by Gasteiger charge is 2.42. The second kappa shape index (κ2) is 9.63. The van der Waals surface area contributed by atoms with Crippen LogP contribution in [-0.4, -0.2) is 35.0 Å². The van der Waals surface area contributed by atoms with Gasteiger partial charge in [0, 0.05) is 16.6 Å². The molecule has 1 aromatic carbocycles. The molecule has 2 aromatic rings. The summed E-state index contributed by atoms with van der Waals surface area (Å²) in [6.07, 6.45) is 1.28. The summed E-state index contributed by atoms with van der Waals surface area (Å²) in [6, 6.07) is 12.1. The molecule has 2 aliphatic heterocycles. The van der Waals surface area contributed by atoms with Gasteiger partial charge in [0.15, 0.2) is 5.17 Å². The molecule has 0 spiro atoms. The number of amidine groups is 1. The Balaban J connectivity index is 0.00000272. The van der Waals surface area contributed by atoms with Crippen LogP contribution in [0.3, 0.4) is 0 Å². The summed E-state index contributed by atoms with van der Waals surface area (Å²) in [5.41, 5.74) is 1.39. The summed E-state index contributed by atoms with van der Waals surface area (Å²) in [5.74, 6) is -1.35.